The summed E-state index contributed by atoms with van der Waals surface area (Å²) in [5.74, 6) is -25.0. The molecular formula is C63H96N20O22S4. The minimum Gasteiger partial charge on any atom is -0.481 e. The molecule has 4 saturated heterocycles. The van der Waals surface area contributed by atoms with Crippen LogP contribution in [0.5, 0.6) is 0 Å². The molecule has 0 aromatic carbocycles. The normalized spacial score (nSPS) is 28.6. The molecule has 0 aliphatic carbocycles. The number of hydrogen-bond acceptors (Lipinski definition) is 26. The monoisotopic (exact) mass is 1610 g/mol. The Bertz CT molecular complexity index is 3530. The molecule has 0 unspecified atom stereocenters. The smallest absolute Gasteiger partial charge is 0.305 e. The number of aliphatic carboxylic acids is 2. The van der Waals surface area contributed by atoms with E-state index in [1.807, 2.05) is 0 Å². The zero-order valence-corrected chi connectivity index (χ0v) is 63.8. The van der Waals surface area contributed by atoms with E-state index in [2.05, 4.69) is 79.1 Å². The van der Waals surface area contributed by atoms with Crippen LogP contribution in [0.15, 0.2) is 12.5 Å². The van der Waals surface area contributed by atoms with E-state index in [9.17, 15) is 106 Å². The van der Waals surface area contributed by atoms with Crippen molar-refractivity contribution in [2.24, 2.45) is 29.0 Å². The Morgan fingerprint density at radius 1 is 0.550 bits per heavy atom. The molecule has 4 aliphatic rings. The molecule has 4 aliphatic heterocycles. The number of rotatable bonds is 16. The van der Waals surface area contributed by atoms with Gasteiger partial charge in [-0.1, -0.05) is 77.3 Å². The number of fused-ring (bicyclic) bond motifs is 10. The number of carbonyl (C=O) groups is 19. The maximum Gasteiger partial charge on any atom is 0.305 e. The van der Waals surface area contributed by atoms with Gasteiger partial charge in [0.1, 0.15) is 90.6 Å². The fourth-order valence-electron chi connectivity index (χ4n) is 11.5. The molecule has 16 atom stereocenters. The lowest BCUT2D eigenvalue weighted by Gasteiger charge is -2.31. The molecular weight excluding hydrogens is 1520 g/mol. The molecule has 42 nitrogen and oxygen atoms in total. The zero-order chi connectivity index (χ0) is 81.1. The third kappa shape index (κ3) is 27.5. The van der Waals surface area contributed by atoms with Crippen molar-refractivity contribution in [3.8, 4) is 0 Å². The maximum atomic E-state index is 14.7. The first-order valence-corrected chi connectivity index (χ1v) is 39.8. The lowest BCUT2D eigenvalue weighted by atomic mass is 9.97. The minimum atomic E-state index is -2.00. The van der Waals surface area contributed by atoms with Crippen molar-refractivity contribution in [1.29, 1.82) is 0 Å². The number of hydrogen-bond donors (Lipinski definition) is 20. The minimum absolute atomic E-state index is 0.0286. The van der Waals surface area contributed by atoms with Crippen LogP contribution in [-0.2, 0) is 97.5 Å². The lowest BCUT2D eigenvalue weighted by Crippen LogP contribution is -2.62. The van der Waals surface area contributed by atoms with Gasteiger partial charge in [-0.15, -0.1) is 0 Å². The molecule has 46 heteroatoms. The highest BCUT2D eigenvalue weighted by Crippen LogP contribution is 2.27. The van der Waals surface area contributed by atoms with E-state index in [1.165, 1.54) is 40.2 Å². The van der Waals surface area contributed by atoms with Crippen LogP contribution in [0.1, 0.15) is 105 Å². The number of nitrogens with two attached hydrogens (primary N) is 3. The van der Waals surface area contributed by atoms with E-state index in [-0.39, 0.29) is 57.3 Å². The second-order valence-electron chi connectivity index (χ2n) is 26.5. The summed E-state index contributed by atoms with van der Waals surface area (Å²) >= 11 is 0. The fourth-order valence-corrected chi connectivity index (χ4v) is 16.2. The predicted molar refractivity (Wildman–Crippen MR) is 391 cm³/mol. The third-order valence-corrected chi connectivity index (χ3v) is 22.6. The van der Waals surface area contributed by atoms with Crippen molar-refractivity contribution < 1.29 is 106 Å². The molecule has 0 spiro atoms. The SMILES string of the molecule is CC[C@H](C)[C@@H]1NC(=O)[C@H](CCC(=O)O)NC(=O)[C@@H]2CCCN2C(=O)[C@H](C)NC(=O)[C@H](CC(=O)O)NC(=O)[C@H](C(C)C)NC(=O)[C@H](CC(N)=O)NC(=O)[C@@H]2CSSC[C@H](NC(=O)CN)C(=O)N[C@@H](CSSC[C@@H](C(N)=O)NC1=O)C(=O)N[C@@H](CO)C(=O)N[C@@H](Cc1cnc[nH]1)C(=O)N1CCC[C@H]1C(=O)N[C@@H](C)C(=O)N2. The summed E-state index contributed by atoms with van der Waals surface area (Å²) in [7, 11) is 3.11. The number of carbonyl (C=O) groups excluding carboxylic acids is 17. The van der Waals surface area contributed by atoms with Gasteiger partial charge in [0.15, 0.2) is 0 Å². The van der Waals surface area contributed by atoms with Crippen molar-refractivity contribution >= 4 is 156 Å². The Hall–Kier alpha value is -9.54. The summed E-state index contributed by atoms with van der Waals surface area (Å²) in [4.78, 5) is 273. The van der Waals surface area contributed by atoms with Crippen LogP contribution in [0, 0.1) is 11.8 Å². The molecule has 2 bridgehead atoms. The highest BCUT2D eigenvalue weighted by molar-refractivity contribution is 8.77. The topological polar surface area (TPSA) is 655 Å². The first kappa shape index (κ1) is 90.1. The molecule has 109 heavy (non-hydrogen) atoms. The Morgan fingerprint density at radius 3 is 1.60 bits per heavy atom. The third-order valence-electron chi connectivity index (χ3n) is 17.8. The largest absolute Gasteiger partial charge is 0.481 e. The van der Waals surface area contributed by atoms with Gasteiger partial charge >= 0.3 is 11.9 Å². The number of aliphatic hydroxyl groups is 1. The van der Waals surface area contributed by atoms with E-state index in [0.29, 0.717) is 0 Å². The number of amides is 17. The number of aromatic nitrogens is 2. The van der Waals surface area contributed by atoms with Crippen molar-refractivity contribution in [3.05, 3.63) is 18.2 Å². The van der Waals surface area contributed by atoms with Gasteiger partial charge in [-0.05, 0) is 57.8 Å². The van der Waals surface area contributed by atoms with Crippen LogP contribution < -0.4 is 86.3 Å². The van der Waals surface area contributed by atoms with Gasteiger partial charge in [-0.25, -0.2) is 4.98 Å². The van der Waals surface area contributed by atoms with Crippen LogP contribution in [0.4, 0.5) is 0 Å². The molecule has 5 rings (SSSR count). The van der Waals surface area contributed by atoms with Crippen LogP contribution in [0.3, 0.4) is 0 Å². The van der Waals surface area contributed by atoms with Gasteiger partial charge in [0.2, 0.25) is 100 Å². The molecule has 23 N–H and O–H groups in total. The average Bonchev–Trinajstić information content (AvgIpc) is 1.74. The van der Waals surface area contributed by atoms with E-state index < -0.39 is 277 Å². The summed E-state index contributed by atoms with van der Waals surface area (Å²) in [5, 5.41) is 61.9. The molecule has 0 radical (unpaired) electrons. The summed E-state index contributed by atoms with van der Waals surface area (Å²) in [6.07, 6.45) is -0.522. The van der Waals surface area contributed by atoms with Crippen LogP contribution in [-0.4, -0.2) is 287 Å². The maximum absolute atomic E-state index is 14.7. The second-order valence-corrected chi connectivity index (χ2v) is 31.6. The standard InChI is InChI=1S/C63H96N20O22S4/c1-7-28(4)48-61(103)77-37(49(66)91)22-106-108-25-40-57(99)76-36(21-84)54(96)75-35(16-31-20-67-26-68-31)63(105)83-15-9-10-41(83)58(100)69-29(5)50(92)78-39(24-109-107-23-38(55(97)79-40)71-44(86)19-64)56(98)73-33(17-43(65)85)53(95)80-47(27(2)3)60(102)74-34(18-46(89)90)52(94)70-30(6)62(104)82-14-8-11-42(82)59(101)72-32(51(93)81-48)12-13-45(87)88/h20,26-30,32-42,47-48,84H,7-19,21-25,64H2,1-6H3,(H2,65,85)(H2,66,91)(H,67,68)(H,69,100)(H,70,94)(H,71,86)(H,72,101)(H,73,98)(H,74,102)(H,75,96)(H,76,99)(H,77,103)(H,78,92)(H,79,97)(H,80,95)(H,81,93)(H,87,88)(H,89,90)/t28-,29-,30-,32-,33-,34-,35-,36-,37-,38-,39-,40-,41-,42-,47-,48-/m0/s1. The highest BCUT2D eigenvalue weighted by atomic mass is 33.1. The Morgan fingerprint density at radius 2 is 1.05 bits per heavy atom. The van der Waals surface area contributed by atoms with E-state index in [0.717, 1.165) is 53.0 Å². The zero-order valence-electron chi connectivity index (χ0n) is 60.5. The second kappa shape index (κ2) is 43.6. The Balaban J connectivity index is 1.65. The first-order valence-electron chi connectivity index (χ1n) is 34.8. The molecule has 4 fully saturated rings. The van der Waals surface area contributed by atoms with Gasteiger partial charge in [-0.2, -0.15) is 0 Å². The molecule has 1 aromatic rings. The predicted octanol–water partition coefficient (Wildman–Crippen LogP) is -8.58. The van der Waals surface area contributed by atoms with E-state index in [4.69, 9.17) is 17.2 Å². The summed E-state index contributed by atoms with van der Waals surface area (Å²) in [5.41, 5.74) is 17.3. The number of primary amides is 2. The number of carboxylic acids is 2. The van der Waals surface area contributed by atoms with Gasteiger partial charge in [-0.3, -0.25) is 91.1 Å². The number of imidazole rings is 1. The highest BCUT2D eigenvalue weighted by Gasteiger charge is 2.44. The summed E-state index contributed by atoms with van der Waals surface area (Å²) in [6.45, 7) is 6.40. The number of aliphatic hydroxyl groups excluding tert-OH is 1. The van der Waals surface area contributed by atoms with E-state index in [1.54, 1.807) is 13.8 Å². The quantitative estimate of drug-likeness (QED) is 0.0684. The van der Waals surface area contributed by atoms with Crippen LogP contribution in [0.2, 0.25) is 0 Å². The molecule has 0 saturated carbocycles. The van der Waals surface area contributed by atoms with Crippen LogP contribution in [0.25, 0.3) is 0 Å². The van der Waals surface area contributed by atoms with Gasteiger partial charge in [0.25, 0.3) is 0 Å². The van der Waals surface area contributed by atoms with Gasteiger partial charge in [0, 0.05) is 60.8 Å². The Labute approximate surface area is 640 Å². The number of H-pyrrole nitrogens is 1. The van der Waals surface area contributed by atoms with Gasteiger partial charge in [0.05, 0.1) is 32.3 Å². The summed E-state index contributed by atoms with van der Waals surface area (Å²) < 4.78 is 0. The van der Waals surface area contributed by atoms with Crippen molar-refractivity contribution in [2.45, 2.75) is 196 Å². The number of aromatic amines is 1. The fraction of sp³-hybridized carbons (Fsp3) is 0.651. The number of nitrogens with one attached hydrogen (secondary N) is 14. The average molecular weight is 1610 g/mol. The molecule has 5 heterocycles. The van der Waals surface area contributed by atoms with Crippen LogP contribution >= 0.6 is 43.2 Å². The summed E-state index contributed by atoms with van der Waals surface area (Å²) in [6, 6.07) is -25.0. The molecule has 604 valence electrons. The Kier molecular flexibility index (Phi) is 36.0. The van der Waals surface area contributed by atoms with E-state index >= 15 is 0 Å². The molecule has 1 aromatic heterocycles. The van der Waals surface area contributed by atoms with Crippen molar-refractivity contribution in [2.75, 3.05) is 49.3 Å². The number of carboxylic acid groups (broad SMARTS) is 2. The number of nitrogens with zero attached hydrogens (tertiary/aromatic N) is 3. The lowest BCUT2D eigenvalue weighted by molar-refractivity contribution is -0.143. The molecule has 17 amide bonds. The van der Waals surface area contributed by atoms with Gasteiger partial charge < -0.3 is 116 Å². The van der Waals surface area contributed by atoms with Crippen molar-refractivity contribution in [3.63, 3.8) is 0 Å². The van der Waals surface area contributed by atoms with Crippen molar-refractivity contribution in [1.82, 2.24) is 88.9 Å². The first-order chi connectivity index (χ1) is 51.5.